The summed E-state index contributed by atoms with van der Waals surface area (Å²) in [5, 5.41) is 2.76. The third-order valence-electron chi connectivity index (χ3n) is 4.49. The summed E-state index contributed by atoms with van der Waals surface area (Å²) in [5.74, 6) is 0.374. The summed E-state index contributed by atoms with van der Waals surface area (Å²) < 4.78 is 4.93. The Morgan fingerprint density at radius 1 is 1.21 bits per heavy atom. The van der Waals surface area contributed by atoms with E-state index in [2.05, 4.69) is 29.6 Å². The van der Waals surface area contributed by atoms with Gasteiger partial charge in [-0.05, 0) is 37.2 Å². The smallest absolute Gasteiger partial charge is 0.232 e. The van der Waals surface area contributed by atoms with E-state index in [-0.39, 0.29) is 18.2 Å². The molecule has 0 atom stereocenters. The summed E-state index contributed by atoms with van der Waals surface area (Å²) in [6, 6.07) is 10.5. The number of rotatable bonds is 8. The summed E-state index contributed by atoms with van der Waals surface area (Å²) >= 11 is 0. The molecule has 1 aromatic carbocycles. The van der Waals surface area contributed by atoms with Gasteiger partial charge in [-0.1, -0.05) is 30.3 Å². The van der Waals surface area contributed by atoms with Gasteiger partial charge in [-0.3, -0.25) is 9.59 Å². The van der Waals surface area contributed by atoms with Gasteiger partial charge in [0.2, 0.25) is 11.8 Å². The van der Waals surface area contributed by atoms with Crippen molar-refractivity contribution in [3.8, 4) is 0 Å². The molecule has 1 fully saturated rings. The molecule has 0 aromatic heterocycles. The van der Waals surface area contributed by atoms with E-state index in [9.17, 15) is 9.59 Å². The van der Waals surface area contributed by atoms with Crippen LogP contribution in [0.2, 0.25) is 0 Å². The summed E-state index contributed by atoms with van der Waals surface area (Å²) in [6.07, 6.45) is 3.81. The number of methoxy groups -OCH3 is 1. The lowest BCUT2D eigenvalue weighted by Gasteiger charge is -2.32. The summed E-state index contributed by atoms with van der Waals surface area (Å²) in [6.45, 7) is 2.68. The Bertz CT molecular complexity index is 511. The maximum absolute atomic E-state index is 12.2. The number of carbonyl (C=O) groups excluding carboxylic acids is 2. The molecule has 1 saturated heterocycles. The van der Waals surface area contributed by atoms with Crippen LogP contribution in [-0.2, 0) is 20.7 Å². The summed E-state index contributed by atoms with van der Waals surface area (Å²) in [5.41, 5.74) is 1.36. The van der Waals surface area contributed by atoms with Crippen molar-refractivity contribution in [2.24, 2.45) is 5.92 Å². The van der Waals surface area contributed by atoms with Crippen LogP contribution in [0.4, 0.5) is 0 Å². The molecule has 2 rings (SSSR count). The topological polar surface area (TPSA) is 58.6 Å². The average molecular weight is 332 g/mol. The van der Waals surface area contributed by atoms with Gasteiger partial charge in [0, 0.05) is 33.4 Å². The fourth-order valence-corrected chi connectivity index (χ4v) is 3.09. The van der Waals surface area contributed by atoms with Crippen molar-refractivity contribution in [1.82, 2.24) is 10.2 Å². The molecule has 0 spiro atoms. The van der Waals surface area contributed by atoms with Crippen molar-refractivity contribution in [1.29, 1.82) is 0 Å². The SMILES string of the molecule is COCCCNC(=O)CC(=O)N1CCC(Cc2ccccc2)CC1. The Morgan fingerprint density at radius 2 is 1.92 bits per heavy atom. The maximum atomic E-state index is 12.2. The summed E-state index contributed by atoms with van der Waals surface area (Å²) in [7, 11) is 1.63. The predicted octanol–water partition coefficient (Wildman–Crippen LogP) is 2.01. The van der Waals surface area contributed by atoms with Crippen LogP contribution in [0.1, 0.15) is 31.2 Å². The van der Waals surface area contributed by atoms with Crippen molar-refractivity contribution in [2.75, 3.05) is 33.4 Å². The fourth-order valence-electron chi connectivity index (χ4n) is 3.09. The van der Waals surface area contributed by atoms with E-state index in [0.717, 1.165) is 38.8 Å². The molecule has 1 N–H and O–H groups in total. The van der Waals surface area contributed by atoms with E-state index < -0.39 is 0 Å². The highest BCUT2D eigenvalue weighted by Crippen LogP contribution is 2.22. The first-order chi connectivity index (χ1) is 11.7. The highest BCUT2D eigenvalue weighted by atomic mass is 16.5. The van der Waals surface area contributed by atoms with Crippen LogP contribution >= 0.6 is 0 Å². The van der Waals surface area contributed by atoms with Gasteiger partial charge in [0.25, 0.3) is 0 Å². The lowest BCUT2D eigenvalue weighted by atomic mass is 9.90. The van der Waals surface area contributed by atoms with E-state index in [4.69, 9.17) is 4.74 Å². The molecule has 1 aromatic rings. The van der Waals surface area contributed by atoms with Gasteiger partial charge in [0.15, 0.2) is 0 Å². The molecule has 2 amide bonds. The molecule has 5 heteroatoms. The number of carbonyl (C=O) groups is 2. The molecule has 0 saturated carbocycles. The van der Waals surface area contributed by atoms with E-state index in [1.807, 2.05) is 11.0 Å². The van der Waals surface area contributed by atoms with Gasteiger partial charge in [-0.15, -0.1) is 0 Å². The van der Waals surface area contributed by atoms with Gasteiger partial charge in [0.05, 0.1) is 0 Å². The molecule has 5 nitrogen and oxygen atoms in total. The van der Waals surface area contributed by atoms with Crippen LogP contribution in [0, 0.1) is 5.92 Å². The van der Waals surface area contributed by atoms with Crippen LogP contribution in [-0.4, -0.2) is 50.1 Å². The molecule has 0 aliphatic carbocycles. The first kappa shape index (κ1) is 18.5. The molecule has 24 heavy (non-hydrogen) atoms. The quantitative estimate of drug-likeness (QED) is 0.585. The number of nitrogens with one attached hydrogen (secondary N) is 1. The fraction of sp³-hybridized carbons (Fsp3) is 0.579. The first-order valence-electron chi connectivity index (χ1n) is 8.76. The largest absolute Gasteiger partial charge is 0.385 e. The van der Waals surface area contributed by atoms with Crippen molar-refractivity contribution in [3.63, 3.8) is 0 Å². The van der Waals surface area contributed by atoms with E-state index in [0.29, 0.717) is 19.1 Å². The molecule has 0 radical (unpaired) electrons. The first-order valence-corrected chi connectivity index (χ1v) is 8.76. The molecule has 1 heterocycles. The van der Waals surface area contributed by atoms with E-state index in [1.165, 1.54) is 5.56 Å². The van der Waals surface area contributed by atoms with Crippen molar-refractivity contribution >= 4 is 11.8 Å². The minimum atomic E-state index is -0.192. The Labute approximate surface area is 144 Å². The number of hydrogen-bond donors (Lipinski definition) is 1. The van der Waals surface area contributed by atoms with Crippen LogP contribution in [0.15, 0.2) is 30.3 Å². The van der Waals surface area contributed by atoms with Crippen LogP contribution < -0.4 is 5.32 Å². The molecule has 132 valence electrons. The van der Waals surface area contributed by atoms with E-state index in [1.54, 1.807) is 7.11 Å². The molecular weight excluding hydrogens is 304 g/mol. The third kappa shape index (κ3) is 6.32. The zero-order valence-corrected chi connectivity index (χ0v) is 14.5. The zero-order valence-electron chi connectivity index (χ0n) is 14.5. The van der Waals surface area contributed by atoms with Crippen molar-refractivity contribution in [2.45, 2.75) is 32.1 Å². The van der Waals surface area contributed by atoms with Gasteiger partial charge < -0.3 is 15.0 Å². The minimum Gasteiger partial charge on any atom is -0.385 e. The standard InChI is InChI=1S/C19H28N2O3/c1-24-13-5-10-20-18(22)15-19(23)21-11-8-17(9-12-21)14-16-6-3-2-4-7-16/h2-4,6-7,17H,5,8-15H2,1H3,(H,20,22). The second kappa shape index (κ2) is 10.1. The number of nitrogens with zero attached hydrogens (tertiary/aromatic N) is 1. The van der Waals surface area contributed by atoms with Crippen LogP contribution in [0.25, 0.3) is 0 Å². The minimum absolute atomic E-state index is 0.0453. The van der Waals surface area contributed by atoms with Crippen molar-refractivity contribution < 1.29 is 14.3 Å². The number of amides is 2. The van der Waals surface area contributed by atoms with Gasteiger partial charge in [0.1, 0.15) is 6.42 Å². The monoisotopic (exact) mass is 332 g/mol. The Balaban J connectivity index is 1.66. The second-order valence-corrected chi connectivity index (χ2v) is 6.39. The van der Waals surface area contributed by atoms with Crippen LogP contribution in [0.3, 0.4) is 0 Å². The Morgan fingerprint density at radius 3 is 2.58 bits per heavy atom. The van der Waals surface area contributed by atoms with Gasteiger partial charge in [-0.25, -0.2) is 0 Å². The molecule has 0 bridgehead atoms. The van der Waals surface area contributed by atoms with Crippen molar-refractivity contribution in [3.05, 3.63) is 35.9 Å². The number of hydrogen-bond acceptors (Lipinski definition) is 3. The molecular formula is C19H28N2O3. The lowest BCUT2D eigenvalue weighted by molar-refractivity contribution is -0.137. The van der Waals surface area contributed by atoms with Gasteiger partial charge in [-0.2, -0.15) is 0 Å². The Hall–Kier alpha value is -1.88. The third-order valence-corrected chi connectivity index (χ3v) is 4.49. The molecule has 0 unspecified atom stereocenters. The number of piperidine rings is 1. The number of ether oxygens (including phenoxy) is 1. The zero-order chi connectivity index (χ0) is 17.2. The second-order valence-electron chi connectivity index (χ2n) is 6.39. The molecule has 1 aliphatic rings. The predicted molar refractivity (Wildman–Crippen MR) is 93.6 cm³/mol. The van der Waals surface area contributed by atoms with Gasteiger partial charge >= 0.3 is 0 Å². The summed E-state index contributed by atoms with van der Waals surface area (Å²) in [4.78, 5) is 25.8. The number of likely N-dealkylation sites (tertiary alicyclic amines) is 1. The Kier molecular flexibility index (Phi) is 7.75. The van der Waals surface area contributed by atoms with Crippen LogP contribution in [0.5, 0.6) is 0 Å². The number of benzene rings is 1. The average Bonchev–Trinajstić information content (AvgIpc) is 2.60. The normalized spacial score (nSPS) is 15.3. The highest BCUT2D eigenvalue weighted by Gasteiger charge is 2.24. The molecule has 1 aliphatic heterocycles. The highest BCUT2D eigenvalue weighted by molar-refractivity contribution is 5.96. The van der Waals surface area contributed by atoms with E-state index >= 15 is 0 Å². The lowest BCUT2D eigenvalue weighted by Crippen LogP contribution is -2.41. The maximum Gasteiger partial charge on any atom is 0.232 e.